The second-order valence-electron chi connectivity index (χ2n) is 7.19. The molecule has 1 aromatic heterocycles. The Kier molecular flexibility index (Phi) is 6.63. The molecule has 1 aliphatic heterocycles. The molecule has 0 unspecified atom stereocenters. The molecule has 2 aromatic carbocycles. The van der Waals surface area contributed by atoms with Crippen molar-refractivity contribution in [1.29, 1.82) is 0 Å². The van der Waals surface area contributed by atoms with Crippen LogP contribution in [0.25, 0.3) is 17.5 Å². The van der Waals surface area contributed by atoms with E-state index in [0.717, 1.165) is 11.1 Å². The number of piperazine rings is 1. The van der Waals surface area contributed by atoms with Crippen LogP contribution in [-0.2, 0) is 21.4 Å². The number of benzene rings is 2. The molecule has 0 bridgehead atoms. The van der Waals surface area contributed by atoms with Crippen molar-refractivity contribution in [2.45, 2.75) is 6.54 Å². The van der Waals surface area contributed by atoms with E-state index in [2.05, 4.69) is 15.4 Å². The van der Waals surface area contributed by atoms with Crippen molar-refractivity contribution in [1.82, 2.24) is 29.4 Å². The van der Waals surface area contributed by atoms with Crippen LogP contribution in [0.2, 0.25) is 5.02 Å². The van der Waals surface area contributed by atoms with E-state index >= 15 is 0 Å². The lowest BCUT2D eigenvalue weighted by atomic mass is 10.2. The standard InChI is InChI=1S/C21H21ClN6O3S/c22-19-8-6-18(7-9-19)21-23-25-28(24-21)16-20(29)26-11-13-27(14-12-26)32(30,31)15-10-17-4-2-1-3-5-17/h1-10,15H,11-14,16H2/b15-10+. The Balaban J connectivity index is 1.32. The summed E-state index contributed by atoms with van der Waals surface area (Å²) in [7, 11) is -3.55. The van der Waals surface area contributed by atoms with E-state index in [1.807, 2.05) is 30.3 Å². The predicted octanol–water partition coefficient (Wildman–Crippen LogP) is 2.14. The van der Waals surface area contributed by atoms with E-state index in [0.29, 0.717) is 23.9 Å². The van der Waals surface area contributed by atoms with Crippen LogP contribution in [0.4, 0.5) is 0 Å². The first-order valence-electron chi connectivity index (χ1n) is 9.95. The van der Waals surface area contributed by atoms with E-state index in [-0.39, 0.29) is 25.5 Å². The molecule has 11 heteroatoms. The molecule has 1 amide bonds. The highest BCUT2D eigenvalue weighted by atomic mass is 35.5. The molecule has 0 spiro atoms. The summed E-state index contributed by atoms with van der Waals surface area (Å²) < 4.78 is 26.5. The first-order valence-corrected chi connectivity index (χ1v) is 11.8. The van der Waals surface area contributed by atoms with Gasteiger partial charge in [0.05, 0.1) is 0 Å². The number of aromatic nitrogens is 4. The van der Waals surface area contributed by atoms with E-state index in [1.165, 1.54) is 14.5 Å². The number of hydrogen-bond acceptors (Lipinski definition) is 6. The third kappa shape index (κ3) is 5.39. The van der Waals surface area contributed by atoms with Gasteiger partial charge < -0.3 is 4.90 Å². The average Bonchev–Trinajstić information content (AvgIpc) is 3.27. The number of carbonyl (C=O) groups excluding carboxylic acids is 1. The fraction of sp³-hybridized carbons (Fsp3) is 0.238. The highest BCUT2D eigenvalue weighted by molar-refractivity contribution is 7.92. The summed E-state index contributed by atoms with van der Waals surface area (Å²) in [5.41, 5.74) is 1.55. The second kappa shape index (κ2) is 9.60. The molecule has 0 atom stereocenters. The van der Waals surface area contributed by atoms with Crippen molar-refractivity contribution >= 4 is 33.6 Å². The zero-order valence-electron chi connectivity index (χ0n) is 17.1. The van der Waals surface area contributed by atoms with E-state index in [4.69, 9.17) is 11.6 Å². The van der Waals surface area contributed by atoms with Crippen molar-refractivity contribution in [3.05, 3.63) is 70.6 Å². The molecule has 4 rings (SSSR count). The van der Waals surface area contributed by atoms with Gasteiger partial charge in [-0.25, -0.2) is 8.42 Å². The number of nitrogens with zero attached hydrogens (tertiary/aromatic N) is 6. The third-order valence-corrected chi connectivity index (χ3v) is 6.83. The Hall–Kier alpha value is -3.08. The van der Waals surface area contributed by atoms with E-state index in [9.17, 15) is 13.2 Å². The molecule has 0 aliphatic carbocycles. The van der Waals surface area contributed by atoms with Gasteiger partial charge in [-0.15, -0.1) is 10.2 Å². The molecule has 0 radical (unpaired) electrons. The van der Waals surface area contributed by atoms with Crippen molar-refractivity contribution in [2.24, 2.45) is 0 Å². The molecular weight excluding hydrogens is 452 g/mol. The second-order valence-corrected chi connectivity index (χ2v) is 9.44. The number of rotatable bonds is 6. The van der Waals surface area contributed by atoms with Gasteiger partial charge in [-0.1, -0.05) is 41.9 Å². The maximum Gasteiger partial charge on any atom is 0.246 e. The number of tetrazole rings is 1. The highest BCUT2D eigenvalue weighted by Gasteiger charge is 2.27. The normalized spacial score (nSPS) is 15.3. The fourth-order valence-electron chi connectivity index (χ4n) is 3.25. The zero-order chi connectivity index (χ0) is 22.6. The SMILES string of the molecule is O=C(Cn1nnc(-c2ccc(Cl)cc2)n1)N1CCN(S(=O)(=O)/C=C/c2ccccc2)CC1. The number of halogens is 1. The number of hydrogen-bond donors (Lipinski definition) is 0. The van der Waals surface area contributed by atoms with Gasteiger partial charge in [0.25, 0.3) is 0 Å². The quantitative estimate of drug-likeness (QED) is 0.544. The van der Waals surface area contributed by atoms with Crippen molar-refractivity contribution < 1.29 is 13.2 Å². The zero-order valence-corrected chi connectivity index (χ0v) is 18.7. The lowest BCUT2D eigenvalue weighted by molar-refractivity contribution is -0.133. The Labute approximate surface area is 190 Å². The molecule has 166 valence electrons. The molecule has 0 N–H and O–H groups in total. The summed E-state index contributed by atoms with van der Waals surface area (Å²) in [5.74, 6) is 0.206. The molecule has 32 heavy (non-hydrogen) atoms. The minimum absolute atomic E-state index is 0.0682. The van der Waals surface area contributed by atoms with Crippen LogP contribution < -0.4 is 0 Å². The molecule has 9 nitrogen and oxygen atoms in total. The number of sulfonamides is 1. The molecule has 1 aliphatic rings. The molecular formula is C21H21ClN6O3S. The lowest BCUT2D eigenvalue weighted by Crippen LogP contribution is -2.50. The minimum Gasteiger partial charge on any atom is -0.338 e. The Bertz CT molecular complexity index is 1200. The summed E-state index contributed by atoms with van der Waals surface area (Å²) in [4.78, 5) is 15.5. The minimum atomic E-state index is -3.55. The van der Waals surface area contributed by atoms with E-state index in [1.54, 1.807) is 35.2 Å². The smallest absolute Gasteiger partial charge is 0.246 e. The largest absolute Gasteiger partial charge is 0.338 e. The van der Waals surface area contributed by atoms with Crippen LogP contribution in [0.1, 0.15) is 5.56 Å². The summed E-state index contributed by atoms with van der Waals surface area (Å²) in [6, 6.07) is 16.2. The van der Waals surface area contributed by atoms with Gasteiger partial charge >= 0.3 is 0 Å². The van der Waals surface area contributed by atoms with Crippen LogP contribution in [0.5, 0.6) is 0 Å². The average molecular weight is 473 g/mol. The maximum atomic E-state index is 12.6. The first-order chi connectivity index (χ1) is 15.4. The van der Waals surface area contributed by atoms with E-state index < -0.39 is 10.0 Å². The van der Waals surface area contributed by atoms with Crippen molar-refractivity contribution in [2.75, 3.05) is 26.2 Å². The topological polar surface area (TPSA) is 101 Å². The highest BCUT2D eigenvalue weighted by Crippen LogP contribution is 2.17. The Morgan fingerprint density at radius 2 is 1.69 bits per heavy atom. The van der Waals surface area contributed by atoms with Crippen LogP contribution in [0.3, 0.4) is 0 Å². The van der Waals surface area contributed by atoms with Crippen LogP contribution in [0.15, 0.2) is 60.0 Å². The molecule has 1 saturated heterocycles. The molecule has 1 fully saturated rings. The van der Waals surface area contributed by atoms with Crippen LogP contribution >= 0.6 is 11.6 Å². The van der Waals surface area contributed by atoms with Crippen molar-refractivity contribution in [3.63, 3.8) is 0 Å². The number of carbonyl (C=O) groups is 1. The summed E-state index contributed by atoms with van der Waals surface area (Å²) in [6.07, 6.45) is 1.57. The summed E-state index contributed by atoms with van der Waals surface area (Å²) in [6.45, 7) is 0.995. The molecule has 2 heterocycles. The van der Waals surface area contributed by atoms with Crippen molar-refractivity contribution in [3.8, 4) is 11.4 Å². The van der Waals surface area contributed by atoms with Crippen LogP contribution in [0, 0.1) is 0 Å². The summed E-state index contributed by atoms with van der Waals surface area (Å²) >= 11 is 5.89. The maximum absolute atomic E-state index is 12.6. The van der Waals surface area contributed by atoms with Gasteiger partial charge in [0.2, 0.25) is 21.8 Å². The third-order valence-electron chi connectivity index (χ3n) is 5.02. The van der Waals surface area contributed by atoms with Gasteiger partial charge in [-0.05, 0) is 41.1 Å². The fourth-order valence-corrected chi connectivity index (χ4v) is 4.55. The summed E-state index contributed by atoms with van der Waals surface area (Å²) in [5, 5.41) is 14.0. The Morgan fingerprint density at radius 3 is 2.38 bits per heavy atom. The van der Waals surface area contributed by atoms with Gasteiger partial charge in [0, 0.05) is 42.2 Å². The monoisotopic (exact) mass is 472 g/mol. The first kappa shape index (κ1) is 22.1. The molecule has 3 aromatic rings. The van der Waals surface area contributed by atoms with Gasteiger partial charge in [0.1, 0.15) is 6.54 Å². The molecule has 0 saturated carbocycles. The van der Waals surface area contributed by atoms with Crippen LogP contribution in [-0.4, -0.2) is 69.9 Å². The van der Waals surface area contributed by atoms with Gasteiger partial charge in [0.15, 0.2) is 0 Å². The predicted molar refractivity (Wildman–Crippen MR) is 121 cm³/mol. The van der Waals surface area contributed by atoms with Gasteiger partial charge in [-0.2, -0.15) is 9.10 Å². The number of amides is 1. The van der Waals surface area contributed by atoms with Gasteiger partial charge in [-0.3, -0.25) is 4.79 Å². The lowest BCUT2D eigenvalue weighted by Gasteiger charge is -2.33. The Morgan fingerprint density at radius 1 is 1.00 bits per heavy atom.